The topological polar surface area (TPSA) is 87.7 Å². The number of carbonyl (C=O) groups excluding carboxylic acids is 1. The number of carboxylic acids is 1. The van der Waals surface area contributed by atoms with Gasteiger partial charge in [-0.1, -0.05) is 24.6 Å². The van der Waals surface area contributed by atoms with Gasteiger partial charge in [-0.2, -0.15) is 13.2 Å². The van der Waals surface area contributed by atoms with Crippen LogP contribution in [-0.4, -0.2) is 29.5 Å². The summed E-state index contributed by atoms with van der Waals surface area (Å²) in [7, 11) is 0. The van der Waals surface area contributed by atoms with Crippen LogP contribution in [-0.2, 0) is 11.0 Å². The molecule has 156 valence electrons. The lowest BCUT2D eigenvalue weighted by Gasteiger charge is -2.16. The number of benzene rings is 2. The second-order valence-electron chi connectivity index (χ2n) is 5.52. The number of urea groups is 1. The Morgan fingerprint density at radius 3 is 2.55 bits per heavy atom. The lowest BCUT2D eigenvalue weighted by Crippen LogP contribution is -2.21. The van der Waals surface area contributed by atoms with E-state index in [1.165, 1.54) is 23.9 Å². The number of anilines is 2. The van der Waals surface area contributed by atoms with Gasteiger partial charge >= 0.3 is 18.2 Å². The Balaban J connectivity index is 2.25. The molecule has 0 saturated carbocycles. The summed E-state index contributed by atoms with van der Waals surface area (Å²) in [5.74, 6) is -0.423. The van der Waals surface area contributed by atoms with Gasteiger partial charge in [0.15, 0.2) is 6.61 Å². The van der Waals surface area contributed by atoms with Crippen LogP contribution in [0.15, 0.2) is 41.3 Å². The average molecular weight is 449 g/mol. The second-order valence-corrected chi connectivity index (χ2v) is 7.23. The smallest absolute Gasteiger partial charge is 0.417 e. The van der Waals surface area contributed by atoms with Crippen LogP contribution in [0.4, 0.5) is 29.3 Å². The van der Waals surface area contributed by atoms with Crippen LogP contribution in [0.25, 0.3) is 0 Å². The molecule has 0 atom stereocenters. The molecule has 2 rings (SSSR count). The van der Waals surface area contributed by atoms with Crippen LogP contribution in [0, 0.1) is 0 Å². The molecule has 2 aromatic carbocycles. The van der Waals surface area contributed by atoms with Crippen LogP contribution in [0.1, 0.15) is 12.5 Å². The molecule has 0 aromatic heterocycles. The number of alkyl halides is 3. The maximum Gasteiger partial charge on any atom is 0.417 e. The fourth-order valence-corrected chi connectivity index (χ4v) is 3.27. The van der Waals surface area contributed by atoms with E-state index in [1.807, 2.05) is 6.92 Å². The van der Waals surface area contributed by atoms with E-state index < -0.39 is 35.4 Å². The quantitative estimate of drug-likeness (QED) is 0.481. The third kappa shape index (κ3) is 6.47. The van der Waals surface area contributed by atoms with Crippen molar-refractivity contribution in [1.29, 1.82) is 0 Å². The van der Waals surface area contributed by atoms with E-state index in [-0.39, 0.29) is 17.1 Å². The van der Waals surface area contributed by atoms with Gasteiger partial charge in [-0.05, 0) is 36.1 Å². The maximum atomic E-state index is 13.0. The fourth-order valence-electron chi connectivity index (χ4n) is 2.27. The van der Waals surface area contributed by atoms with Gasteiger partial charge in [0.2, 0.25) is 0 Å². The number of hydrogen-bond donors (Lipinski definition) is 3. The van der Waals surface area contributed by atoms with Crippen molar-refractivity contribution in [3.8, 4) is 5.75 Å². The van der Waals surface area contributed by atoms with E-state index in [4.69, 9.17) is 21.4 Å². The molecule has 3 N–H and O–H groups in total. The van der Waals surface area contributed by atoms with Crippen molar-refractivity contribution in [3.05, 3.63) is 47.0 Å². The molecule has 0 spiro atoms. The summed E-state index contributed by atoms with van der Waals surface area (Å²) in [5, 5.41) is 13.1. The van der Waals surface area contributed by atoms with E-state index in [1.54, 1.807) is 12.1 Å². The van der Waals surface area contributed by atoms with E-state index in [0.29, 0.717) is 10.6 Å². The molecule has 0 aliphatic rings. The maximum absolute atomic E-state index is 13.0. The Labute approximate surface area is 173 Å². The Morgan fingerprint density at radius 2 is 1.93 bits per heavy atom. The molecule has 0 unspecified atom stereocenters. The minimum Gasteiger partial charge on any atom is -0.480 e. The van der Waals surface area contributed by atoms with Crippen molar-refractivity contribution in [2.45, 2.75) is 18.0 Å². The van der Waals surface area contributed by atoms with Gasteiger partial charge in [-0.15, -0.1) is 11.8 Å². The van der Waals surface area contributed by atoms with Crippen LogP contribution in [0.2, 0.25) is 5.02 Å². The number of thioether (sulfide) groups is 1. The molecule has 2 aromatic rings. The SMILES string of the molecule is CCSc1cccc(OCC(=O)O)c1NC(=O)Nc1ccc(Cl)c(C(F)(F)F)c1. The van der Waals surface area contributed by atoms with Crippen molar-refractivity contribution in [2.75, 3.05) is 23.0 Å². The fraction of sp³-hybridized carbons (Fsp3) is 0.222. The minimum absolute atomic E-state index is 0.118. The highest BCUT2D eigenvalue weighted by Gasteiger charge is 2.33. The predicted molar refractivity (Wildman–Crippen MR) is 105 cm³/mol. The van der Waals surface area contributed by atoms with Gasteiger partial charge in [-0.25, -0.2) is 9.59 Å². The Bertz CT molecular complexity index is 909. The van der Waals surface area contributed by atoms with Crippen molar-refractivity contribution >= 4 is 46.7 Å². The van der Waals surface area contributed by atoms with Crippen LogP contribution in [0.3, 0.4) is 0 Å². The Kier molecular flexibility index (Phi) is 7.63. The summed E-state index contributed by atoms with van der Waals surface area (Å²) < 4.78 is 44.1. The standard InChI is InChI=1S/C18H16ClF3N2O4S/c1-2-29-14-5-3-4-13(28-9-15(25)26)16(14)24-17(27)23-10-6-7-12(19)11(8-10)18(20,21)22/h3-8H,2,9H2,1H3,(H,25,26)(H2,23,24,27). The molecular formula is C18H16ClF3N2O4S. The third-order valence-corrected chi connectivity index (χ3v) is 4.68. The number of nitrogens with one attached hydrogen (secondary N) is 2. The zero-order chi connectivity index (χ0) is 21.6. The predicted octanol–water partition coefficient (Wildman–Crippen LogP) is 5.58. The number of amides is 2. The molecule has 0 fully saturated rings. The normalized spacial score (nSPS) is 11.1. The largest absolute Gasteiger partial charge is 0.480 e. The lowest BCUT2D eigenvalue weighted by atomic mass is 10.2. The summed E-state index contributed by atoms with van der Waals surface area (Å²) in [6, 6.07) is 6.95. The average Bonchev–Trinajstić information content (AvgIpc) is 2.62. The first-order valence-electron chi connectivity index (χ1n) is 8.17. The number of hydrogen-bond acceptors (Lipinski definition) is 4. The number of halogens is 4. The molecule has 0 heterocycles. The minimum atomic E-state index is -4.67. The summed E-state index contributed by atoms with van der Waals surface area (Å²) >= 11 is 6.94. The molecule has 0 radical (unpaired) electrons. The second kappa shape index (κ2) is 9.75. The Hall–Kier alpha value is -2.59. The van der Waals surface area contributed by atoms with E-state index in [0.717, 1.165) is 12.1 Å². The summed E-state index contributed by atoms with van der Waals surface area (Å²) in [6.07, 6.45) is -4.67. The number of ether oxygens (including phenoxy) is 1. The van der Waals surface area contributed by atoms with Crippen LogP contribution >= 0.6 is 23.4 Å². The monoisotopic (exact) mass is 448 g/mol. The summed E-state index contributed by atoms with van der Waals surface area (Å²) in [5.41, 5.74) is -0.986. The van der Waals surface area contributed by atoms with Gasteiger partial charge < -0.3 is 20.5 Å². The van der Waals surface area contributed by atoms with Crippen LogP contribution in [0.5, 0.6) is 5.75 Å². The molecule has 29 heavy (non-hydrogen) atoms. The van der Waals surface area contributed by atoms with E-state index >= 15 is 0 Å². The molecule has 0 aliphatic heterocycles. The molecule has 0 saturated heterocycles. The number of aliphatic carboxylic acids is 1. The van der Waals surface area contributed by atoms with Crippen molar-refractivity contribution in [2.24, 2.45) is 0 Å². The van der Waals surface area contributed by atoms with E-state index in [2.05, 4.69) is 10.6 Å². The van der Waals surface area contributed by atoms with Gasteiger partial charge in [-0.3, -0.25) is 0 Å². The van der Waals surface area contributed by atoms with Gasteiger partial charge in [0.1, 0.15) is 5.75 Å². The first-order valence-corrected chi connectivity index (χ1v) is 9.53. The lowest BCUT2D eigenvalue weighted by molar-refractivity contribution is -0.139. The first-order chi connectivity index (χ1) is 13.6. The van der Waals surface area contributed by atoms with Crippen molar-refractivity contribution in [3.63, 3.8) is 0 Å². The molecule has 2 amide bonds. The number of carboxylic acid groups (broad SMARTS) is 1. The zero-order valence-corrected chi connectivity index (χ0v) is 16.5. The Morgan fingerprint density at radius 1 is 1.21 bits per heavy atom. The van der Waals surface area contributed by atoms with Crippen LogP contribution < -0.4 is 15.4 Å². The van der Waals surface area contributed by atoms with Gasteiger partial charge in [0.25, 0.3) is 0 Å². The number of rotatable bonds is 7. The third-order valence-electron chi connectivity index (χ3n) is 3.41. The molecular weight excluding hydrogens is 433 g/mol. The van der Waals surface area contributed by atoms with Gasteiger partial charge in [0.05, 0.1) is 16.3 Å². The highest BCUT2D eigenvalue weighted by atomic mass is 35.5. The van der Waals surface area contributed by atoms with Crippen molar-refractivity contribution < 1.29 is 32.6 Å². The highest BCUT2D eigenvalue weighted by molar-refractivity contribution is 7.99. The number of carbonyl (C=O) groups is 2. The zero-order valence-electron chi connectivity index (χ0n) is 15.0. The molecule has 11 heteroatoms. The summed E-state index contributed by atoms with van der Waals surface area (Å²) in [6.45, 7) is 1.26. The van der Waals surface area contributed by atoms with Gasteiger partial charge in [0, 0.05) is 10.6 Å². The summed E-state index contributed by atoms with van der Waals surface area (Å²) in [4.78, 5) is 23.7. The molecule has 0 bridgehead atoms. The highest BCUT2D eigenvalue weighted by Crippen LogP contribution is 2.37. The van der Waals surface area contributed by atoms with Crippen molar-refractivity contribution in [1.82, 2.24) is 0 Å². The number of para-hydroxylation sites is 1. The van der Waals surface area contributed by atoms with E-state index in [9.17, 15) is 22.8 Å². The first kappa shape index (κ1) is 22.7. The molecule has 6 nitrogen and oxygen atoms in total. The molecule has 0 aliphatic carbocycles.